The van der Waals surface area contributed by atoms with Crippen LogP contribution in [-0.2, 0) is 13.0 Å². The number of hydrogen-bond acceptors (Lipinski definition) is 1. The van der Waals surface area contributed by atoms with Gasteiger partial charge in [0.1, 0.15) is 5.82 Å². The second kappa shape index (κ2) is 5.78. The van der Waals surface area contributed by atoms with Crippen LogP contribution in [0.5, 0.6) is 0 Å². The Labute approximate surface area is 107 Å². The molecule has 94 valence electrons. The van der Waals surface area contributed by atoms with Crippen molar-refractivity contribution in [3.63, 3.8) is 0 Å². The van der Waals surface area contributed by atoms with E-state index in [2.05, 4.69) is 19.1 Å². The van der Waals surface area contributed by atoms with E-state index in [9.17, 15) is 4.39 Å². The molecule has 0 aromatic heterocycles. The Kier molecular flexibility index (Phi) is 4.11. The van der Waals surface area contributed by atoms with Crippen molar-refractivity contribution in [2.75, 3.05) is 0 Å². The van der Waals surface area contributed by atoms with Gasteiger partial charge in [-0.15, -0.1) is 0 Å². The first-order valence-electron chi connectivity index (χ1n) is 6.32. The Morgan fingerprint density at radius 2 is 1.83 bits per heavy atom. The molecule has 0 unspecified atom stereocenters. The van der Waals surface area contributed by atoms with Crippen LogP contribution in [0.25, 0.3) is 11.1 Å². The van der Waals surface area contributed by atoms with Crippen LogP contribution >= 0.6 is 0 Å². The monoisotopic (exact) mass is 243 g/mol. The van der Waals surface area contributed by atoms with Crippen LogP contribution in [0, 0.1) is 5.82 Å². The Morgan fingerprint density at radius 3 is 2.50 bits per heavy atom. The summed E-state index contributed by atoms with van der Waals surface area (Å²) in [5, 5.41) is 0. The van der Waals surface area contributed by atoms with Gasteiger partial charge in [0.2, 0.25) is 0 Å². The maximum atomic E-state index is 13.7. The summed E-state index contributed by atoms with van der Waals surface area (Å²) in [5.41, 5.74) is 9.28. The van der Waals surface area contributed by atoms with Crippen molar-refractivity contribution in [1.29, 1.82) is 0 Å². The van der Waals surface area contributed by atoms with Gasteiger partial charge in [-0.1, -0.05) is 49.7 Å². The zero-order valence-corrected chi connectivity index (χ0v) is 10.6. The predicted octanol–water partition coefficient (Wildman–Crippen LogP) is 3.90. The van der Waals surface area contributed by atoms with Crippen LogP contribution in [0.4, 0.5) is 4.39 Å². The fraction of sp³-hybridized carbons (Fsp3) is 0.250. The van der Waals surface area contributed by atoms with Crippen molar-refractivity contribution in [1.82, 2.24) is 0 Å². The van der Waals surface area contributed by atoms with Crippen molar-refractivity contribution in [2.45, 2.75) is 26.3 Å². The summed E-state index contributed by atoms with van der Waals surface area (Å²) in [7, 11) is 0. The standard InChI is InChI=1S/C16H18FN/c1-2-4-12-5-3-6-13(9-12)14-7-8-15(11-18)16(17)10-14/h3,5-10H,2,4,11,18H2,1H3. The lowest BCUT2D eigenvalue weighted by Gasteiger charge is -2.07. The molecule has 0 aliphatic carbocycles. The van der Waals surface area contributed by atoms with Crippen molar-refractivity contribution in [2.24, 2.45) is 5.73 Å². The number of hydrogen-bond donors (Lipinski definition) is 1. The van der Waals surface area contributed by atoms with Crippen molar-refractivity contribution >= 4 is 0 Å². The van der Waals surface area contributed by atoms with Gasteiger partial charge in [-0.05, 0) is 29.2 Å². The molecule has 0 amide bonds. The second-order valence-electron chi connectivity index (χ2n) is 4.46. The molecule has 0 bridgehead atoms. The maximum absolute atomic E-state index is 13.7. The molecule has 1 nitrogen and oxygen atoms in total. The molecule has 2 heteroatoms. The fourth-order valence-corrected chi connectivity index (χ4v) is 2.09. The summed E-state index contributed by atoms with van der Waals surface area (Å²) >= 11 is 0. The van der Waals surface area contributed by atoms with Gasteiger partial charge in [0.05, 0.1) is 0 Å². The summed E-state index contributed by atoms with van der Waals surface area (Å²) in [6.45, 7) is 2.39. The molecule has 0 saturated carbocycles. The minimum absolute atomic E-state index is 0.226. The number of rotatable bonds is 4. The molecule has 0 saturated heterocycles. The summed E-state index contributed by atoms with van der Waals surface area (Å²) in [4.78, 5) is 0. The molecule has 0 radical (unpaired) electrons. The Morgan fingerprint density at radius 1 is 1.06 bits per heavy atom. The topological polar surface area (TPSA) is 26.0 Å². The van der Waals surface area contributed by atoms with E-state index in [1.165, 1.54) is 5.56 Å². The average molecular weight is 243 g/mol. The van der Waals surface area contributed by atoms with Gasteiger partial charge >= 0.3 is 0 Å². The quantitative estimate of drug-likeness (QED) is 0.865. The third kappa shape index (κ3) is 2.77. The van der Waals surface area contributed by atoms with E-state index in [1.54, 1.807) is 12.1 Å². The predicted molar refractivity (Wildman–Crippen MR) is 73.7 cm³/mol. The summed E-state index contributed by atoms with van der Waals surface area (Å²) in [6.07, 6.45) is 2.17. The number of aryl methyl sites for hydroxylation is 1. The number of benzene rings is 2. The molecular weight excluding hydrogens is 225 g/mol. The SMILES string of the molecule is CCCc1cccc(-c2ccc(CN)c(F)c2)c1. The Balaban J connectivity index is 2.36. The highest BCUT2D eigenvalue weighted by atomic mass is 19.1. The van der Waals surface area contributed by atoms with E-state index in [0.29, 0.717) is 5.56 Å². The molecule has 2 N–H and O–H groups in total. The van der Waals surface area contributed by atoms with Gasteiger partial charge < -0.3 is 5.73 Å². The van der Waals surface area contributed by atoms with Gasteiger partial charge in [0.15, 0.2) is 0 Å². The maximum Gasteiger partial charge on any atom is 0.128 e. The summed E-state index contributed by atoms with van der Waals surface area (Å²) < 4.78 is 13.7. The summed E-state index contributed by atoms with van der Waals surface area (Å²) in [6, 6.07) is 13.5. The van der Waals surface area contributed by atoms with Crippen LogP contribution in [0.15, 0.2) is 42.5 Å². The van der Waals surface area contributed by atoms with Gasteiger partial charge in [-0.3, -0.25) is 0 Å². The van der Waals surface area contributed by atoms with Crippen LogP contribution in [0.1, 0.15) is 24.5 Å². The van der Waals surface area contributed by atoms with Gasteiger partial charge in [-0.2, -0.15) is 0 Å². The molecule has 18 heavy (non-hydrogen) atoms. The van der Waals surface area contributed by atoms with Crippen molar-refractivity contribution < 1.29 is 4.39 Å². The minimum atomic E-state index is -0.226. The molecule has 0 fully saturated rings. The average Bonchev–Trinajstić information content (AvgIpc) is 2.39. The molecule has 0 aliphatic rings. The van der Waals surface area contributed by atoms with E-state index in [-0.39, 0.29) is 12.4 Å². The zero-order chi connectivity index (χ0) is 13.0. The van der Waals surface area contributed by atoms with Crippen LogP contribution in [0.3, 0.4) is 0 Å². The molecule has 2 aromatic carbocycles. The Hall–Kier alpha value is -1.67. The van der Waals surface area contributed by atoms with Crippen molar-refractivity contribution in [3.05, 3.63) is 59.4 Å². The van der Waals surface area contributed by atoms with Crippen LogP contribution in [0.2, 0.25) is 0 Å². The van der Waals surface area contributed by atoms with E-state index in [4.69, 9.17) is 5.73 Å². The highest BCUT2D eigenvalue weighted by molar-refractivity contribution is 5.64. The highest BCUT2D eigenvalue weighted by Crippen LogP contribution is 2.23. The van der Waals surface area contributed by atoms with Crippen molar-refractivity contribution in [3.8, 4) is 11.1 Å². The first-order chi connectivity index (χ1) is 8.74. The van der Waals surface area contributed by atoms with E-state index >= 15 is 0 Å². The summed E-state index contributed by atoms with van der Waals surface area (Å²) in [5.74, 6) is -0.226. The number of nitrogens with two attached hydrogens (primary N) is 1. The largest absolute Gasteiger partial charge is 0.326 e. The molecule has 2 rings (SSSR count). The zero-order valence-electron chi connectivity index (χ0n) is 10.6. The molecular formula is C16H18FN. The van der Waals surface area contributed by atoms with Gasteiger partial charge in [0.25, 0.3) is 0 Å². The lowest BCUT2D eigenvalue weighted by molar-refractivity contribution is 0.611. The molecule has 2 aromatic rings. The number of halogens is 1. The minimum Gasteiger partial charge on any atom is -0.326 e. The molecule has 0 atom stereocenters. The van der Waals surface area contributed by atoms with Gasteiger partial charge in [-0.25, -0.2) is 4.39 Å². The lowest BCUT2D eigenvalue weighted by atomic mass is 10.00. The smallest absolute Gasteiger partial charge is 0.128 e. The molecule has 0 aliphatic heterocycles. The fourth-order valence-electron chi connectivity index (χ4n) is 2.09. The second-order valence-corrected chi connectivity index (χ2v) is 4.46. The molecule has 0 heterocycles. The van der Waals surface area contributed by atoms with Crippen LogP contribution < -0.4 is 5.73 Å². The lowest BCUT2D eigenvalue weighted by Crippen LogP contribution is -1.99. The van der Waals surface area contributed by atoms with E-state index < -0.39 is 0 Å². The third-order valence-electron chi connectivity index (χ3n) is 3.07. The van der Waals surface area contributed by atoms with E-state index in [1.807, 2.05) is 18.2 Å². The van der Waals surface area contributed by atoms with Crippen LogP contribution in [-0.4, -0.2) is 0 Å². The Bertz CT molecular complexity index is 534. The first-order valence-corrected chi connectivity index (χ1v) is 6.32. The molecule has 0 spiro atoms. The first kappa shape index (κ1) is 12.8. The van der Waals surface area contributed by atoms with Gasteiger partial charge in [0, 0.05) is 12.1 Å². The normalized spacial score (nSPS) is 10.6. The van der Waals surface area contributed by atoms with E-state index in [0.717, 1.165) is 24.0 Å². The third-order valence-corrected chi connectivity index (χ3v) is 3.07. The highest BCUT2D eigenvalue weighted by Gasteiger charge is 2.04.